The molecule has 2 N–H and O–H groups in total. The molecule has 0 aliphatic rings. The van der Waals surface area contributed by atoms with Crippen molar-refractivity contribution in [3.05, 3.63) is 6.20 Å². The van der Waals surface area contributed by atoms with E-state index >= 15 is 0 Å². The third-order valence-corrected chi connectivity index (χ3v) is 4.14. The van der Waals surface area contributed by atoms with Gasteiger partial charge >= 0.3 is 80.5 Å². The fourth-order valence-electron chi connectivity index (χ4n) is 0.653. The molecule has 1 rings (SSSR count). The molecule has 1 aromatic heterocycles. The number of hydrogen-bond donors (Lipinski definition) is 2. The molecule has 0 saturated carbocycles. The van der Waals surface area contributed by atoms with E-state index in [-0.39, 0.29) is 6.04 Å². The molecule has 0 fully saturated rings. The van der Waals surface area contributed by atoms with Crippen LogP contribution in [-0.2, 0) is 18.8 Å². The van der Waals surface area contributed by atoms with E-state index in [1.54, 1.807) is 10.9 Å². The van der Waals surface area contributed by atoms with Crippen LogP contribution >= 0.6 is 5.35 Å². The van der Waals surface area contributed by atoms with E-state index in [4.69, 9.17) is 0 Å². The first-order valence-corrected chi connectivity index (χ1v) is 12.4. The van der Waals surface area contributed by atoms with Crippen LogP contribution in [0.25, 0.3) is 0 Å². The van der Waals surface area contributed by atoms with Gasteiger partial charge in [0.1, 0.15) is 0 Å². The summed E-state index contributed by atoms with van der Waals surface area (Å²) in [5, 5.41) is 4.56. The van der Waals surface area contributed by atoms with Crippen molar-refractivity contribution in [2.75, 3.05) is 0 Å². The van der Waals surface area contributed by atoms with Crippen molar-refractivity contribution < 1.29 is 28.6 Å². The van der Waals surface area contributed by atoms with E-state index in [0.717, 1.165) is 30.6 Å². The Balaban J connectivity index is 0. The van der Waals surface area contributed by atoms with E-state index < -0.39 is 5.35 Å². The molecule has 0 spiro atoms. The van der Waals surface area contributed by atoms with Gasteiger partial charge < -0.3 is 0 Å². The van der Waals surface area contributed by atoms with Gasteiger partial charge in [-0.05, 0) is 11.8 Å². The summed E-state index contributed by atoms with van der Waals surface area (Å²) in [5.74, 6) is 1.67. The molecule has 7 heteroatoms. The van der Waals surface area contributed by atoms with Gasteiger partial charge in [-0.15, -0.1) is 0 Å². The number of rotatable bonds is 2. The van der Waals surface area contributed by atoms with Crippen molar-refractivity contribution >= 4 is 10.8 Å². The van der Waals surface area contributed by atoms with Crippen LogP contribution in [0, 0.1) is 11.8 Å². The van der Waals surface area contributed by atoms with Crippen molar-refractivity contribution in [1.82, 2.24) is 15.0 Å². The number of aromatic nitrogens is 3. The van der Waals surface area contributed by atoms with Gasteiger partial charge in [0.05, 0.1) is 0 Å². The first kappa shape index (κ1) is 22.5. The molecule has 1 aromatic rings. The first-order chi connectivity index (χ1) is 8.87. The fourth-order valence-corrected chi connectivity index (χ4v) is 1.98. The minimum atomic E-state index is -2.90. The second-order valence-corrected chi connectivity index (χ2v) is 13.2. The predicted octanol–water partition coefficient (Wildman–Crippen LogP) is 3.10. The molecule has 0 aliphatic carbocycles. The van der Waals surface area contributed by atoms with E-state index in [9.17, 15) is 9.79 Å². The summed E-state index contributed by atoms with van der Waals surface area (Å²) >= 11 is 0.744. The summed E-state index contributed by atoms with van der Waals surface area (Å²) in [6.07, 6.45) is 1.59. The van der Waals surface area contributed by atoms with E-state index in [1.165, 1.54) is 0 Å². The van der Waals surface area contributed by atoms with Crippen LogP contribution in [-0.4, -0.2) is 24.8 Å². The van der Waals surface area contributed by atoms with Gasteiger partial charge in [0.25, 0.3) is 0 Å². The Bertz CT molecular complexity index is 389. The van der Waals surface area contributed by atoms with E-state index in [2.05, 4.69) is 51.9 Å². The quantitative estimate of drug-likeness (QED) is 0.646. The van der Waals surface area contributed by atoms with Gasteiger partial charge in [-0.25, -0.2) is 0 Å². The fraction of sp³-hybridized carbons (Fsp3) is 0.846. The van der Waals surface area contributed by atoms with Gasteiger partial charge in [-0.1, -0.05) is 41.5 Å². The zero-order valence-corrected chi connectivity index (χ0v) is 17.7. The van der Waals surface area contributed by atoms with Crippen molar-refractivity contribution in [1.29, 1.82) is 0 Å². The van der Waals surface area contributed by atoms with E-state index in [1.807, 2.05) is 13.8 Å². The minimum absolute atomic E-state index is 0.202. The summed E-state index contributed by atoms with van der Waals surface area (Å²) in [4.78, 5) is 18.5. The Kier molecular flexibility index (Phi) is 12.2. The summed E-state index contributed by atoms with van der Waals surface area (Å²) in [6.45, 7) is 16.9. The van der Waals surface area contributed by atoms with Crippen LogP contribution in [0.4, 0.5) is 0 Å². The molecule has 0 amide bonds. The molecular formula is C13H30N3O2PW. The Morgan fingerprint density at radius 2 is 1.35 bits per heavy atom. The second-order valence-electron chi connectivity index (χ2n) is 6.16. The van der Waals surface area contributed by atoms with Gasteiger partial charge in [0.2, 0.25) is 0 Å². The maximum atomic E-state index is 9.27. The van der Waals surface area contributed by atoms with Crippen molar-refractivity contribution in [2.24, 2.45) is 11.8 Å². The van der Waals surface area contributed by atoms with Crippen molar-refractivity contribution in [3.8, 4) is 0 Å². The van der Waals surface area contributed by atoms with E-state index in [0.29, 0.717) is 5.44 Å². The van der Waals surface area contributed by atoms with Gasteiger partial charge in [-0.3, -0.25) is 0 Å². The normalized spacial score (nSPS) is 11.1. The molecule has 0 saturated heterocycles. The SMILES string of the molecule is CC(C)C.CC(C)C.CC(C)n1cc([P](O)(O)=[W])nn1. The molecule has 1 heterocycles. The molecular weight excluding hydrogens is 445 g/mol. The van der Waals surface area contributed by atoms with Crippen LogP contribution in [0.5, 0.6) is 0 Å². The summed E-state index contributed by atoms with van der Waals surface area (Å²) in [5.41, 5.74) is 0.311. The third kappa shape index (κ3) is 14.6. The van der Waals surface area contributed by atoms with Crippen molar-refractivity contribution in [3.63, 3.8) is 0 Å². The topological polar surface area (TPSA) is 71.2 Å². The summed E-state index contributed by atoms with van der Waals surface area (Å²) in [6, 6.07) is 0.202. The third-order valence-electron chi connectivity index (χ3n) is 1.33. The van der Waals surface area contributed by atoms with Crippen LogP contribution in [0.2, 0.25) is 0 Å². The Morgan fingerprint density at radius 3 is 1.50 bits per heavy atom. The van der Waals surface area contributed by atoms with Gasteiger partial charge in [0, 0.05) is 0 Å². The van der Waals surface area contributed by atoms with Crippen LogP contribution < -0.4 is 5.44 Å². The average molecular weight is 475 g/mol. The van der Waals surface area contributed by atoms with Crippen LogP contribution in [0.3, 0.4) is 0 Å². The molecule has 5 nitrogen and oxygen atoms in total. The molecule has 0 radical (unpaired) electrons. The van der Waals surface area contributed by atoms with Gasteiger partial charge in [0.15, 0.2) is 0 Å². The zero-order chi connectivity index (χ0) is 16.5. The summed E-state index contributed by atoms with van der Waals surface area (Å²) < 4.78 is 1.61. The molecule has 20 heavy (non-hydrogen) atoms. The average Bonchev–Trinajstić information content (AvgIpc) is 2.62. The predicted molar refractivity (Wildman–Crippen MR) is 82.4 cm³/mol. The molecule has 120 valence electrons. The zero-order valence-electron chi connectivity index (χ0n) is 13.9. The monoisotopic (exact) mass is 475 g/mol. The van der Waals surface area contributed by atoms with Crippen LogP contribution in [0.1, 0.15) is 61.4 Å². The number of hydrogen-bond acceptors (Lipinski definition) is 4. The van der Waals surface area contributed by atoms with Crippen LogP contribution in [0.15, 0.2) is 6.20 Å². The molecule has 0 atom stereocenters. The first-order valence-electron chi connectivity index (χ1n) is 6.85. The standard InChI is InChI=1S/C5H10N3O2P.2C4H10.W/c1-4(2)8-3-5(6-7-8)11(9)10;2*1-4(2)3;/h3-4,9-10H,1-2H3;2*4H,1-3H3;. The molecule has 0 bridgehead atoms. The Labute approximate surface area is 134 Å². The Hall–Kier alpha value is 0.178. The number of nitrogens with zero attached hydrogens (tertiary/aromatic N) is 3. The maximum absolute atomic E-state index is 9.27. The second kappa shape index (κ2) is 10.8. The molecule has 0 unspecified atom stereocenters. The van der Waals surface area contributed by atoms with Crippen molar-refractivity contribution in [2.45, 2.75) is 61.4 Å². The molecule has 0 aliphatic heterocycles. The Morgan fingerprint density at radius 1 is 1.00 bits per heavy atom. The summed E-state index contributed by atoms with van der Waals surface area (Å²) in [7, 11) is 0. The van der Waals surface area contributed by atoms with Gasteiger partial charge in [-0.2, -0.15) is 0 Å². The molecule has 0 aromatic carbocycles.